The zero-order valence-electron chi connectivity index (χ0n) is 9.84. The van der Waals surface area contributed by atoms with E-state index in [0.717, 1.165) is 16.6 Å². The molecule has 1 unspecified atom stereocenters. The van der Waals surface area contributed by atoms with Crippen LogP contribution in [0.3, 0.4) is 0 Å². The molecule has 0 saturated heterocycles. The molecule has 0 aromatic carbocycles. The zero-order chi connectivity index (χ0) is 11.5. The molecule has 0 radical (unpaired) electrons. The Hall–Kier alpha value is -0.410. The molecular formula is C12H19BrN2. The van der Waals surface area contributed by atoms with Crippen LogP contribution < -0.4 is 5.32 Å². The average Bonchev–Trinajstić information content (AvgIpc) is 2.15. The second kappa shape index (κ2) is 5.08. The Morgan fingerprint density at radius 2 is 2.07 bits per heavy atom. The second-order valence-electron chi connectivity index (χ2n) is 4.88. The topological polar surface area (TPSA) is 24.9 Å². The van der Waals surface area contributed by atoms with E-state index in [-0.39, 0.29) is 5.41 Å². The number of rotatable bonds is 3. The Balaban J connectivity index is 2.71. The second-order valence-corrected chi connectivity index (χ2v) is 5.79. The molecule has 1 atom stereocenters. The molecule has 3 heteroatoms. The molecule has 2 nitrogen and oxygen atoms in total. The molecule has 0 aliphatic carbocycles. The third-order valence-corrected chi connectivity index (χ3v) is 3.06. The molecular weight excluding hydrogens is 252 g/mol. The number of nitrogens with zero attached hydrogens (tertiary/aromatic N) is 1. The molecule has 0 fully saturated rings. The van der Waals surface area contributed by atoms with Crippen molar-refractivity contribution in [1.82, 2.24) is 10.3 Å². The molecule has 0 spiro atoms. The Kier molecular flexibility index (Phi) is 4.29. The van der Waals surface area contributed by atoms with Gasteiger partial charge in [0.25, 0.3) is 0 Å². The highest BCUT2D eigenvalue weighted by Crippen LogP contribution is 2.22. The average molecular weight is 271 g/mol. The SMILES string of the molecule is CNC(Cc1ccc(Br)cn1)C(C)(C)C. The molecule has 1 rings (SSSR count). The molecule has 1 aromatic heterocycles. The van der Waals surface area contributed by atoms with Crippen LogP contribution in [0.4, 0.5) is 0 Å². The van der Waals surface area contributed by atoms with Gasteiger partial charge in [0.05, 0.1) is 0 Å². The number of likely N-dealkylation sites (N-methyl/N-ethyl adjacent to an activating group) is 1. The van der Waals surface area contributed by atoms with Gasteiger partial charge < -0.3 is 5.32 Å². The predicted molar refractivity (Wildman–Crippen MR) is 67.9 cm³/mol. The summed E-state index contributed by atoms with van der Waals surface area (Å²) in [7, 11) is 2.01. The van der Waals surface area contributed by atoms with Gasteiger partial charge in [-0.2, -0.15) is 0 Å². The summed E-state index contributed by atoms with van der Waals surface area (Å²) in [5.74, 6) is 0. The van der Waals surface area contributed by atoms with Crippen LogP contribution >= 0.6 is 15.9 Å². The maximum absolute atomic E-state index is 4.39. The van der Waals surface area contributed by atoms with E-state index in [1.54, 1.807) is 0 Å². The van der Waals surface area contributed by atoms with Gasteiger partial charge in [0.2, 0.25) is 0 Å². The Morgan fingerprint density at radius 3 is 2.47 bits per heavy atom. The Bertz CT molecular complexity index is 300. The number of halogens is 1. The van der Waals surface area contributed by atoms with Crippen molar-refractivity contribution in [3.8, 4) is 0 Å². The fraction of sp³-hybridized carbons (Fsp3) is 0.583. The fourth-order valence-electron chi connectivity index (χ4n) is 1.58. The lowest BCUT2D eigenvalue weighted by molar-refractivity contribution is 0.278. The van der Waals surface area contributed by atoms with Crippen LogP contribution in [0.25, 0.3) is 0 Å². The van der Waals surface area contributed by atoms with E-state index >= 15 is 0 Å². The van der Waals surface area contributed by atoms with Crippen molar-refractivity contribution in [2.45, 2.75) is 33.2 Å². The summed E-state index contributed by atoms with van der Waals surface area (Å²) in [4.78, 5) is 4.39. The van der Waals surface area contributed by atoms with Crippen LogP contribution in [0.5, 0.6) is 0 Å². The lowest BCUT2D eigenvalue weighted by Crippen LogP contribution is -2.39. The van der Waals surface area contributed by atoms with Crippen LogP contribution in [0.2, 0.25) is 0 Å². The van der Waals surface area contributed by atoms with Crippen molar-refractivity contribution in [3.05, 3.63) is 28.5 Å². The summed E-state index contributed by atoms with van der Waals surface area (Å²) in [6.45, 7) is 6.73. The first-order valence-electron chi connectivity index (χ1n) is 5.21. The van der Waals surface area contributed by atoms with Crippen molar-refractivity contribution >= 4 is 15.9 Å². The van der Waals surface area contributed by atoms with Crippen LogP contribution in [0.1, 0.15) is 26.5 Å². The minimum absolute atomic E-state index is 0.253. The first-order valence-corrected chi connectivity index (χ1v) is 6.00. The molecule has 1 N–H and O–H groups in total. The first kappa shape index (κ1) is 12.7. The van der Waals surface area contributed by atoms with Gasteiger partial charge >= 0.3 is 0 Å². The van der Waals surface area contributed by atoms with Gasteiger partial charge in [-0.05, 0) is 40.5 Å². The standard InChI is InChI=1S/C12H19BrN2/c1-12(2,3)11(14-4)7-10-6-5-9(13)8-15-10/h5-6,8,11,14H,7H2,1-4H3. The smallest absolute Gasteiger partial charge is 0.0420 e. The van der Waals surface area contributed by atoms with E-state index in [1.807, 2.05) is 19.3 Å². The number of aromatic nitrogens is 1. The van der Waals surface area contributed by atoms with E-state index in [9.17, 15) is 0 Å². The van der Waals surface area contributed by atoms with E-state index in [2.05, 4.69) is 53.1 Å². The van der Waals surface area contributed by atoms with Crippen LogP contribution in [0, 0.1) is 5.41 Å². The number of pyridine rings is 1. The molecule has 0 aliphatic heterocycles. The molecule has 0 amide bonds. The number of hydrogen-bond donors (Lipinski definition) is 1. The maximum Gasteiger partial charge on any atom is 0.0420 e. The molecule has 0 bridgehead atoms. The van der Waals surface area contributed by atoms with Crippen LogP contribution in [0.15, 0.2) is 22.8 Å². The summed E-state index contributed by atoms with van der Waals surface area (Å²) in [6, 6.07) is 4.56. The summed E-state index contributed by atoms with van der Waals surface area (Å²) < 4.78 is 1.03. The highest BCUT2D eigenvalue weighted by atomic mass is 79.9. The highest BCUT2D eigenvalue weighted by Gasteiger charge is 2.23. The summed E-state index contributed by atoms with van der Waals surface area (Å²) in [5.41, 5.74) is 1.39. The van der Waals surface area contributed by atoms with Crippen LogP contribution in [-0.4, -0.2) is 18.1 Å². The Morgan fingerprint density at radius 1 is 1.40 bits per heavy atom. The molecule has 84 valence electrons. The lowest BCUT2D eigenvalue weighted by atomic mass is 9.84. The van der Waals surface area contributed by atoms with Crippen LogP contribution in [-0.2, 0) is 6.42 Å². The van der Waals surface area contributed by atoms with Crippen molar-refractivity contribution in [3.63, 3.8) is 0 Å². The molecule has 1 aromatic rings. The van der Waals surface area contributed by atoms with Gasteiger partial charge in [-0.15, -0.1) is 0 Å². The third kappa shape index (κ3) is 3.92. The Labute approximate surface area is 101 Å². The fourth-order valence-corrected chi connectivity index (χ4v) is 1.81. The summed E-state index contributed by atoms with van der Waals surface area (Å²) in [5, 5.41) is 3.35. The normalized spacial score (nSPS) is 13.9. The minimum Gasteiger partial charge on any atom is -0.316 e. The lowest BCUT2D eigenvalue weighted by Gasteiger charge is -2.30. The number of hydrogen-bond acceptors (Lipinski definition) is 2. The maximum atomic E-state index is 4.39. The molecule has 15 heavy (non-hydrogen) atoms. The van der Waals surface area contributed by atoms with E-state index in [0.29, 0.717) is 6.04 Å². The molecule has 1 heterocycles. The number of nitrogens with one attached hydrogen (secondary N) is 1. The monoisotopic (exact) mass is 270 g/mol. The van der Waals surface area contributed by atoms with E-state index in [1.165, 1.54) is 0 Å². The van der Waals surface area contributed by atoms with Gasteiger partial charge in [-0.25, -0.2) is 0 Å². The zero-order valence-corrected chi connectivity index (χ0v) is 11.4. The van der Waals surface area contributed by atoms with E-state index in [4.69, 9.17) is 0 Å². The van der Waals surface area contributed by atoms with Gasteiger partial charge in [0, 0.05) is 28.8 Å². The predicted octanol–water partition coefficient (Wildman–Crippen LogP) is 3.02. The van der Waals surface area contributed by atoms with Crippen molar-refractivity contribution < 1.29 is 0 Å². The van der Waals surface area contributed by atoms with Gasteiger partial charge in [0.15, 0.2) is 0 Å². The van der Waals surface area contributed by atoms with Crippen molar-refractivity contribution in [2.24, 2.45) is 5.41 Å². The quantitative estimate of drug-likeness (QED) is 0.914. The van der Waals surface area contributed by atoms with Gasteiger partial charge in [-0.1, -0.05) is 20.8 Å². The molecule has 0 saturated carbocycles. The van der Waals surface area contributed by atoms with Crippen molar-refractivity contribution in [1.29, 1.82) is 0 Å². The minimum atomic E-state index is 0.253. The van der Waals surface area contributed by atoms with Crippen molar-refractivity contribution in [2.75, 3.05) is 7.05 Å². The first-order chi connectivity index (χ1) is 6.93. The molecule has 0 aliphatic rings. The summed E-state index contributed by atoms with van der Waals surface area (Å²) >= 11 is 3.39. The van der Waals surface area contributed by atoms with Gasteiger partial charge in [0.1, 0.15) is 0 Å². The largest absolute Gasteiger partial charge is 0.316 e. The van der Waals surface area contributed by atoms with Gasteiger partial charge in [-0.3, -0.25) is 4.98 Å². The van der Waals surface area contributed by atoms with E-state index < -0.39 is 0 Å². The summed E-state index contributed by atoms with van der Waals surface area (Å²) in [6.07, 6.45) is 2.82. The highest BCUT2D eigenvalue weighted by molar-refractivity contribution is 9.10. The third-order valence-electron chi connectivity index (χ3n) is 2.60.